The summed E-state index contributed by atoms with van der Waals surface area (Å²) in [6, 6.07) is 3.57. The summed E-state index contributed by atoms with van der Waals surface area (Å²) in [7, 11) is 0. The van der Waals surface area contributed by atoms with E-state index in [1.54, 1.807) is 6.07 Å². The van der Waals surface area contributed by atoms with Crippen molar-refractivity contribution in [2.45, 2.75) is 31.8 Å². The van der Waals surface area contributed by atoms with Crippen molar-refractivity contribution in [1.82, 2.24) is 0 Å². The Morgan fingerprint density at radius 1 is 1.29 bits per heavy atom. The van der Waals surface area contributed by atoms with Gasteiger partial charge in [-0.15, -0.1) is 0 Å². The van der Waals surface area contributed by atoms with Crippen LogP contribution in [0, 0.1) is 0 Å². The molecule has 2 atom stereocenters. The van der Waals surface area contributed by atoms with E-state index < -0.39 is 6.10 Å². The Kier molecular flexibility index (Phi) is 2.74. The number of aliphatic hydroxyl groups is 1. The number of aliphatic hydroxyl groups excluding tert-OH is 1. The summed E-state index contributed by atoms with van der Waals surface area (Å²) in [4.78, 5) is 0. The predicted octanol–water partition coefficient (Wildman–Crippen LogP) is 3.92. The van der Waals surface area contributed by atoms with Gasteiger partial charge in [0.05, 0.1) is 6.10 Å². The molecular weight excluding hydrogens is 219 g/mol. The average Bonchev–Trinajstić information content (AvgIpc) is 2.10. The smallest absolute Gasteiger partial charge is 0.0794 e. The highest BCUT2D eigenvalue weighted by Gasteiger charge is 2.25. The first-order valence-corrected chi connectivity index (χ1v) is 5.52. The lowest BCUT2D eigenvalue weighted by molar-refractivity contribution is 0.151. The van der Waals surface area contributed by atoms with E-state index in [0.717, 1.165) is 24.0 Å². The normalized spacial score (nSPS) is 26.0. The van der Waals surface area contributed by atoms with Crippen LogP contribution in [0.3, 0.4) is 0 Å². The van der Waals surface area contributed by atoms with Crippen LogP contribution in [0.15, 0.2) is 12.1 Å². The third kappa shape index (κ3) is 1.65. The van der Waals surface area contributed by atoms with Crippen LogP contribution in [-0.2, 0) is 0 Å². The molecule has 0 saturated carbocycles. The molecule has 2 rings (SSSR count). The Hall–Kier alpha value is -0.240. The average molecular weight is 231 g/mol. The highest BCUT2D eigenvalue weighted by molar-refractivity contribution is 6.35. The van der Waals surface area contributed by atoms with Gasteiger partial charge in [-0.25, -0.2) is 0 Å². The van der Waals surface area contributed by atoms with Crippen molar-refractivity contribution < 1.29 is 5.11 Å². The summed E-state index contributed by atoms with van der Waals surface area (Å²) in [5.74, 6) is 0.415. The third-order valence-corrected chi connectivity index (χ3v) is 3.38. The lowest BCUT2D eigenvalue weighted by Gasteiger charge is -2.27. The molecule has 0 amide bonds. The van der Waals surface area contributed by atoms with Gasteiger partial charge in [0.1, 0.15) is 0 Å². The Labute approximate surface area is 93.7 Å². The molecule has 1 aliphatic carbocycles. The first-order valence-electron chi connectivity index (χ1n) is 4.76. The molecular formula is C11H12Cl2O. The van der Waals surface area contributed by atoms with Crippen LogP contribution in [-0.4, -0.2) is 5.11 Å². The maximum atomic E-state index is 9.81. The number of benzene rings is 1. The van der Waals surface area contributed by atoms with Gasteiger partial charge < -0.3 is 5.11 Å². The van der Waals surface area contributed by atoms with E-state index in [9.17, 15) is 5.11 Å². The van der Waals surface area contributed by atoms with Gasteiger partial charge in [-0.3, -0.25) is 0 Å². The standard InChI is InChI=1S/C11H12Cl2O/c1-6-2-3-10(14)8-4-7(12)5-9(13)11(6)8/h4-6,10,14H,2-3H2,1H3/t6?,10-/m0/s1. The largest absolute Gasteiger partial charge is 0.388 e. The van der Waals surface area contributed by atoms with Crippen LogP contribution >= 0.6 is 23.2 Å². The summed E-state index contributed by atoms with van der Waals surface area (Å²) in [6.07, 6.45) is 1.37. The van der Waals surface area contributed by atoms with Crippen molar-refractivity contribution in [1.29, 1.82) is 0 Å². The fourth-order valence-electron chi connectivity index (χ4n) is 2.11. The highest BCUT2D eigenvalue weighted by Crippen LogP contribution is 2.42. The van der Waals surface area contributed by atoms with Crippen molar-refractivity contribution in [3.05, 3.63) is 33.3 Å². The molecule has 1 aromatic rings. The molecule has 76 valence electrons. The lowest BCUT2D eigenvalue weighted by Crippen LogP contribution is -2.12. The van der Waals surface area contributed by atoms with E-state index in [2.05, 4.69) is 6.92 Å². The molecule has 1 aromatic carbocycles. The van der Waals surface area contributed by atoms with Crippen molar-refractivity contribution in [2.75, 3.05) is 0 Å². The number of hydrogen-bond donors (Lipinski definition) is 1. The highest BCUT2D eigenvalue weighted by atomic mass is 35.5. The van der Waals surface area contributed by atoms with E-state index >= 15 is 0 Å². The van der Waals surface area contributed by atoms with E-state index in [0.29, 0.717) is 16.0 Å². The van der Waals surface area contributed by atoms with Crippen LogP contribution < -0.4 is 0 Å². The van der Waals surface area contributed by atoms with E-state index in [-0.39, 0.29) is 0 Å². The fourth-order valence-corrected chi connectivity index (χ4v) is 2.80. The van der Waals surface area contributed by atoms with Gasteiger partial charge in [0.25, 0.3) is 0 Å². The zero-order valence-electron chi connectivity index (χ0n) is 7.93. The maximum Gasteiger partial charge on any atom is 0.0794 e. The molecule has 3 heteroatoms. The molecule has 0 saturated heterocycles. The third-order valence-electron chi connectivity index (χ3n) is 2.85. The molecule has 0 radical (unpaired) electrons. The fraction of sp³-hybridized carbons (Fsp3) is 0.455. The van der Waals surface area contributed by atoms with Crippen LogP contribution in [0.2, 0.25) is 10.0 Å². The van der Waals surface area contributed by atoms with Crippen LogP contribution in [0.5, 0.6) is 0 Å². The second kappa shape index (κ2) is 3.73. The van der Waals surface area contributed by atoms with Crippen LogP contribution in [0.25, 0.3) is 0 Å². The van der Waals surface area contributed by atoms with Crippen molar-refractivity contribution in [2.24, 2.45) is 0 Å². The minimum absolute atomic E-state index is 0.405. The zero-order chi connectivity index (χ0) is 10.3. The monoisotopic (exact) mass is 230 g/mol. The van der Waals surface area contributed by atoms with E-state index in [1.165, 1.54) is 0 Å². The number of fused-ring (bicyclic) bond motifs is 1. The molecule has 14 heavy (non-hydrogen) atoms. The van der Waals surface area contributed by atoms with Gasteiger partial charge in [-0.1, -0.05) is 30.1 Å². The summed E-state index contributed by atoms with van der Waals surface area (Å²) in [5.41, 5.74) is 1.97. The molecule has 1 nitrogen and oxygen atoms in total. The zero-order valence-corrected chi connectivity index (χ0v) is 9.44. The van der Waals surface area contributed by atoms with Gasteiger partial charge in [0, 0.05) is 10.0 Å². The SMILES string of the molecule is CC1CC[C@H](O)c2cc(Cl)cc(Cl)c21. The minimum atomic E-state index is -0.405. The quantitative estimate of drug-likeness (QED) is 0.717. The Bertz CT molecular complexity index is 363. The lowest BCUT2D eigenvalue weighted by atomic mass is 9.82. The second-order valence-corrected chi connectivity index (χ2v) is 4.73. The first-order chi connectivity index (χ1) is 6.59. The van der Waals surface area contributed by atoms with Gasteiger partial charge >= 0.3 is 0 Å². The molecule has 1 N–H and O–H groups in total. The molecule has 0 aliphatic heterocycles. The van der Waals surface area contributed by atoms with Crippen LogP contribution in [0.1, 0.15) is 42.9 Å². The number of rotatable bonds is 0. The predicted molar refractivity (Wildman–Crippen MR) is 59.1 cm³/mol. The molecule has 0 fully saturated rings. The molecule has 1 unspecified atom stereocenters. The molecule has 0 spiro atoms. The van der Waals surface area contributed by atoms with Gasteiger partial charge in [-0.2, -0.15) is 0 Å². The van der Waals surface area contributed by atoms with Gasteiger partial charge in [0.15, 0.2) is 0 Å². The molecule has 0 aromatic heterocycles. The van der Waals surface area contributed by atoms with Crippen LogP contribution in [0.4, 0.5) is 0 Å². The summed E-state index contributed by atoms with van der Waals surface area (Å²) < 4.78 is 0. The van der Waals surface area contributed by atoms with Gasteiger partial charge in [-0.05, 0) is 42.0 Å². The number of hydrogen-bond acceptors (Lipinski definition) is 1. The summed E-state index contributed by atoms with van der Waals surface area (Å²) >= 11 is 12.0. The summed E-state index contributed by atoms with van der Waals surface area (Å²) in [5, 5.41) is 11.1. The Balaban J connectivity index is 2.60. The maximum absolute atomic E-state index is 9.81. The van der Waals surface area contributed by atoms with Crippen molar-refractivity contribution in [3.8, 4) is 0 Å². The number of halogens is 2. The summed E-state index contributed by atoms with van der Waals surface area (Å²) in [6.45, 7) is 2.13. The van der Waals surface area contributed by atoms with Crippen molar-refractivity contribution >= 4 is 23.2 Å². The molecule has 1 aliphatic rings. The van der Waals surface area contributed by atoms with E-state index in [4.69, 9.17) is 23.2 Å². The van der Waals surface area contributed by atoms with Gasteiger partial charge in [0.2, 0.25) is 0 Å². The second-order valence-electron chi connectivity index (χ2n) is 3.88. The topological polar surface area (TPSA) is 20.2 Å². The Morgan fingerprint density at radius 3 is 2.71 bits per heavy atom. The van der Waals surface area contributed by atoms with E-state index in [1.807, 2.05) is 6.07 Å². The minimum Gasteiger partial charge on any atom is -0.388 e. The van der Waals surface area contributed by atoms with Crippen molar-refractivity contribution in [3.63, 3.8) is 0 Å². The first kappa shape index (κ1) is 10.3. The molecule has 0 heterocycles. The molecule has 0 bridgehead atoms. The Morgan fingerprint density at radius 2 is 2.00 bits per heavy atom.